The van der Waals surface area contributed by atoms with Crippen molar-refractivity contribution in [2.45, 2.75) is 20.8 Å². The third-order valence-corrected chi connectivity index (χ3v) is 5.98. The van der Waals surface area contributed by atoms with Crippen molar-refractivity contribution in [1.82, 2.24) is 24.5 Å². The van der Waals surface area contributed by atoms with Gasteiger partial charge in [0.1, 0.15) is 16.3 Å². The molecule has 1 amide bonds. The Morgan fingerprint density at radius 1 is 1.20 bits per heavy atom. The van der Waals surface area contributed by atoms with Gasteiger partial charge in [-0.2, -0.15) is 0 Å². The number of rotatable bonds is 5. The van der Waals surface area contributed by atoms with Gasteiger partial charge in [-0.25, -0.2) is 15.0 Å². The van der Waals surface area contributed by atoms with Crippen molar-refractivity contribution in [3.63, 3.8) is 0 Å². The molecular formula is C21H23N7OS. The molecule has 154 valence electrons. The fourth-order valence-corrected chi connectivity index (χ4v) is 4.20. The molecule has 0 atom stereocenters. The lowest BCUT2D eigenvalue weighted by Crippen LogP contribution is -2.31. The van der Waals surface area contributed by atoms with E-state index in [-0.39, 0.29) is 12.5 Å². The minimum atomic E-state index is -0.140. The highest BCUT2D eigenvalue weighted by molar-refractivity contribution is 7.18. The van der Waals surface area contributed by atoms with Crippen LogP contribution in [0.3, 0.4) is 0 Å². The Morgan fingerprint density at radius 3 is 2.67 bits per heavy atom. The summed E-state index contributed by atoms with van der Waals surface area (Å²) in [7, 11) is 3.77. The smallest absolute Gasteiger partial charge is 0.243 e. The van der Waals surface area contributed by atoms with E-state index in [0.29, 0.717) is 17.2 Å². The molecule has 30 heavy (non-hydrogen) atoms. The number of hydrogen-bond donors (Lipinski definition) is 1. The van der Waals surface area contributed by atoms with Crippen molar-refractivity contribution < 1.29 is 4.79 Å². The second-order valence-corrected chi connectivity index (χ2v) is 8.55. The van der Waals surface area contributed by atoms with Crippen LogP contribution in [0, 0.1) is 20.8 Å². The highest BCUT2D eigenvalue weighted by atomic mass is 32.1. The lowest BCUT2D eigenvalue weighted by molar-refractivity contribution is -0.114. The normalized spacial score (nSPS) is 11.1. The van der Waals surface area contributed by atoms with Crippen molar-refractivity contribution in [3.05, 3.63) is 47.0 Å². The number of carbonyl (C=O) groups is 1. The van der Waals surface area contributed by atoms with E-state index in [2.05, 4.69) is 29.1 Å². The first kappa shape index (κ1) is 20.0. The molecule has 4 aromatic rings. The van der Waals surface area contributed by atoms with E-state index in [9.17, 15) is 4.79 Å². The van der Waals surface area contributed by atoms with Crippen LogP contribution in [0.25, 0.3) is 21.7 Å². The number of anilines is 2. The van der Waals surface area contributed by atoms with Crippen molar-refractivity contribution in [3.8, 4) is 11.5 Å². The number of amides is 1. The largest absolute Gasteiger partial charge is 0.350 e. The van der Waals surface area contributed by atoms with Crippen LogP contribution in [0.4, 0.5) is 11.5 Å². The van der Waals surface area contributed by atoms with Gasteiger partial charge in [0, 0.05) is 30.9 Å². The molecule has 9 heteroatoms. The minimum Gasteiger partial charge on any atom is -0.350 e. The lowest BCUT2D eigenvalue weighted by atomic mass is 10.2. The molecule has 0 radical (unpaired) electrons. The summed E-state index contributed by atoms with van der Waals surface area (Å²) in [6.45, 7) is 6.19. The summed E-state index contributed by atoms with van der Waals surface area (Å²) in [6.07, 6.45) is 5.26. The minimum absolute atomic E-state index is 0.140. The Kier molecular flexibility index (Phi) is 5.21. The van der Waals surface area contributed by atoms with Crippen molar-refractivity contribution in [2.24, 2.45) is 7.05 Å². The van der Waals surface area contributed by atoms with Crippen LogP contribution < -0.4 is 10.2 Å². The van der Waals surface area contributed by atoms with Gasteiger partial charge in [0.2, 0.25) is 5.91 Å². The fourth-order valence-electron chi connectivity index (χ4n) is 3.18. The molecule has 0 aliphatic heterocycles. The highest BCUT2D eigenvalue weighted by Gasteiger charge is 2.20. The van der Waals surface area contributed by atoms with Gasteiger partial charge in [-0.1, -0.05) is 0 Å². The maximum Gasteiger partial charge on any atom is 0.243 e. The molecule has 1 N–H and O–H groups in total. The summed E-state index contributed by atoms with van der Waals surface area (Å²) in [5.41, 5.74) is 3.41. The van der Waals surface area contributed by atoms with Crippen LogP contribution in [0.5, 0.6) is 0 Å². The second kappa shape index (κ2) is 7.83. The molecule has 0 unspecified atom stereocenters. The Morgan fingerprint density at radius 2 is 2.00 bits per heavy atom. The van der Waals surface area contributed by atoms with Gasteiger partial charge in [0.15, 0.2) is 5.82 Å². The first-order valence-corrected chi connectivity index (χ1v) is 10.3. The summed E-state index contributed by atoms with van der Waals surface area (Å²) in [5, 5.41) is 3.86. The number of thiophene rings is 1. The van der Waals surface area contributed by atoms with E-state index in [0.717, 1.165) is 27.3 Å². The third-order valence-electron chi connectivity index (χ3n) is 4.88. The molecule has 0 bridgehead atoms. The molecule has 0 aromatic carbocycles. The van der Waals surface area contributed by atoms with Gasteiger partial charge in [-0.15, -0.1) is 11.3 Å². The fraction of sp³-hybridized carbons (Fsp3) is 0.286. The number of fused-ring (bicyclic) bond motifs is 1. The Labute approximate surface area is 178 Å². The van der Waals surface area contributed by atoms with Crippen LogP contribution in [-0.2, 0) is 11.8 Å². The van der Waals surface area contributed by atoms with E-state index in [4.69, 9.17) is 9.97 Å². The SMILES string of the molecule is Cc1ccc(NC(=O)CN(C)c2nc(-c3cn(C)cn3)nc3sc(C)c(C)c23)cn1. The predicted octanol–water partition coefficient (Wildman–Crippen LogP) is 3.49. The maximum absolute atomic E-state index is 12.6. The topological polar surface area (TPSA) is 88.8 Å². The number of aromatic nitrogens is 5. The monoisotopic (exact) mass is 421 g/mol. The van der Waals surface area contributed by atoms with Crippen molar-refractivity contribution >= 4 is 39.0 Å². The number of likely N-dealkylation sites (N-methyl/N-ethyl adjacent to an activating group) is 1. The van der Waals surface area contributed by atoms with Crippen LogP contribution >= 0.6 is 11.3 Å². The van der Waals surface area contributed by atoms with E-state index >= 15 is 0 Å². The summed E-state index contributed by atoms with van der Waals surface area (Å²) >= 11 is 1.63. The molecule has 0 aliphatic rings. The van der Waals surface area contributed by atoms with Crippen molar-refractivity contribution in [1.29, 1.82) is 0 Å². The first-order chi connectivity index (χ1) is 14.3. The van der Waals surface area contributed by atoms with Gasteiger partial charge in [-0.3, -0.25) is 9.78 Å². The molecular weight excluding hydrogens is 398 g/mol. The number of nitrogens with zero attached hydrogens (tertiary/aromatic N) is 6. The summed E-state index contributed by atoms with van der Waals surface area (Å²) in [6, 6.07) is 3.71. The number of imidazole rings is 1. The summed E-state index contributed by atoms with van der Waals surface area (Å²) in [4.78, 5) is 34.7. The standard InChI is InChI=1S/C21H23N7OS/c1-12-6-7-15(8-22-12)24-17(29)10-28(5)20-18-13(2)14(3)30-21(18)26-19(25-20)16-9-27(4)11-23-16/h6-9,11H,10H2,1-5H3,(H,24,29). The van der Waals surface area contributed by atoms with Gasteiger partial charge in [0.25, 0.3) is 0 Å². The predicted molar refractivity (Wildman–Crippen MR) is 120 cm³/mol. The number of hydrogen-bond acceptors (Lipinski definition) is 7. The summed E-state index contributed by atoms with van der Waals surface area (Å²) < 4.78 is 1.86. The lowest BCUT2D eigenvalue weighted by Gasteiger charge is -2.19. The van der Waals surface area contributed by atoms with Crippen LogP contribution in [0.15, 0.2) is 30.9 Å². The zero-order valence-corrected chi connectivity index (χ0v) is 18.4. The second-order valence-electron chi connectivity index (χ2n) is 7.35. The van der Waals surface area contributed by atoms with Gasteiger partial charge < -0.3 is 14.8 Å². The van der Waals surface area contributed by atoms with Crippen LogP contribution in [-0.4, -0.2) is 44.0 Å². The van der Waals surface area contributed by atoms with E-state index in [1.54, 1.807) is 23.9 Å². The highest BCUT2D eigenvalue weighted by Crippen LogP contribution is 2.36. The van der Waals surface area contributed by atoms with E-state index in [1.165, 1.54) is 4.88 Å². The zero-order chi connectivity index (χ0) is 21.4. The molecule has 0 spiro atoms. The summed E-state index contributed by atoms with van der Waals surface area (Å²) in [5.74, 6) is 1.13. The molecule has 4 aromatic heterocycles. The number of pyridine rings is 1. The average Bonchev–Trinajstić information content (AvgIpc) is 3.26. The molecule has 4 rings (SSSR count). The van der Waals surface area contributed by atoms with E-state index < -0.39 is 0 Å². The molecule has 0 saturated carbocycles. The zero-order valence-electron chi connectivity index (χ0n) is 17.6. The molecule has 4 heterocycles. The van der Waals surface area contributed by atoms with Crippen LogP contribution in [0.2, 0.25) is 0 Å². The molecule has 0 fully saturated rings. The maximum atomic E-state index is 12.6. The number of aryl methyl sites for hydroxylation is 4. The van der Waals surface area contributed by atoms with Gasteiger partial charge in [-0.05, 0) is 38.5 Å². The first-order valence-electron chi connectivity index (χ1n) is 9.51. The van der Waals surface area contributed by atoms with Crippen molar-refractivity contribution in [2.75, 3.05) is 23.8 Å². The Hall–Kier alpha value is -3.33. The van der Waals surface area contributed by atoms with Crippen LogP contribution in [0.1, 0.15) is 16.1 Å². The van der Waals surface area contributed by atoms with E-state index in [1.807, 2.05) is 48.8 Å². The Balaban J connectivity index is 1.67. The number of carbonyl (C=O) groups excluding carboxylic acids is 1. The molecule has 0 saturated heterocycles. The quantitative estimate of drug-likeness (QED) is 0.531. The third kappa shape index (κ3) is 3.88. The Bertz CT molecular complexity index is 1230. The van der Waals surface area contributed by atoms with Gasteiger partial charge >= 0.3 is 0 Å². The molecule has 0 aliphatic carbocycles. The number of nitrogens with one attached hydrogen (secondary N) is 1. The average molecular weight is 422 g/mol. The molecule has 8 nitrogen and oxygen atoms in total. The van der Waals surface area contributed by atoms with Gasteiger partial charge in [0.05, 0.1) is 30.1 Å².